The van der Waals surface area contributed by atoms with Gasteiger partial charge in [0.2, 0.25) is 0 Å². The quantitative estimate of drug-likeness (QED) is 0.843. The third kappa shape index (κ3) is 3.84. The van der Waals surface area contributed by atoms with Crippen molar-refractivity contribution >= 4 is 11.6 Å². The fourth-order valence-corrected chi connectivity index (χ4v) is 2.86. The van der Waals surface area contributed by atoms with Crippen molar-refractivity contribution in [2.45, 2.75) is 46.5 Å². The van der Waals surface area contributed by atoms with E-state index in [9.17, 15) is 5.11 Å². The number of anilines is 2. The van der Waals surface area contributed by atoms with Gasteiger partial charge in [-0.25, -0.2) is 9.97 Å². The SMILES string of the molecule is CCCc1nc(NCC)c(C)c(N2CCC(CO)CC2)n1. The molecule has 0 aliphatic carbocycles. The standard InChI is InChI=1S/C16H28N4O/c1-4-6-14-18-15(17-5-2)12(3)16(19-14)20-9-7-13(11-21)8-10-20/h13,21H,4-11H2,1-3H3,(H,17,18,19). The third-order valence-electron chi connectivity index (χ3n) is 4.16. The predicted octanol–water partition coefficient (Wildman–Crippen LogP) is 2.38. The minimum absolute atomic E-state index is 0.306. The minimum atomic E-state index is 0.306. The highest BCUT2D eigenvalue weighted by molar-refractivity contribution is 5.58. The molecule has 1 aliphatic heterocycles. The molecule has 0 aromatic carbocycles. The molecule has 1 fully saturated rings. The van der Waals surface area contributed by atoms with Crippen molar-refractivity contribution in [1.29, 1.82) is 0 Å². The molecule has 0 amide bonds. The molecular weight excluding hydrogens is 264 g/mol. The summed E-state index contributed by atoms with van der Waals surface area (Å²) in [7, 11) is 0. The number of aliphatic hydroxyl groups excluding tert-OH is 1. The van der Waals surface area contributed by atoms with Gasteiger partial charge in [0.05, 0.1) is 0 Å². The molecule has 1 aromatic heterocycles. The maximum absolute atomic E-state index is 9.28. The number of aliphatic hydroxyl groups is 1. The molecule has 1 aromatic rings. The van der Waals surface area contributed by atoms with Gasteiger partial charge in [0.15, 0.2) is 0 Å². The Morgan fingerprint density at radius 2 is 1.95 bits per heavy atom. The van der Waals surface area contributed by atoms with Crippen LogP contribution in [0.2, 0.25) is 0 Å². The van der Waals surface area contributed by atoms with E-state index in [1.165, 1.54) is 0 Å². The van der Waals surface area contributed by atoms with E-state index in [0.717, 1.165) is 68.3 Å². The molecule has 21 heavy (non-hydrogen) atoms. The van der Waals surface area contributed by atoms with E-state index in [4.69, 9.17) is 4.98 Å². The van der Waals surface area contributed by atoms with Crippen molar-refractivity contribution in [2.24, 2.45) is 5.92 Å². The first-order valence-electron chi connectivity index (χ1n) is 8.16. The largest absolute Gasteiger partial charge is 0.396 e. The first-order valence-corrected chi connectivity index (χ1v) is 8.16. The van der Waals surface area contributed by atoms with Crippen molar-refractivity contribution in [3.05, 3.63) is 11.4 Å². The zero-order valence-corrected chi connectivity index (χ0v) is 13.5. The van der Waals surface area contributed by atoms with E-state index in [0.29, 0.717) is 12.5 Å². The number of aryl methyl sites for hydroxylation is 1. The molecule has 5 nitrogen and oxygen atoms in total. The fourth-order valence-electron chi connectivity index (χ4n) is 2.86. The van der Waals surface area contributed by atoms with Crippen LogP contribution in [0.25, 0.3) is 0 Å². The molecule has 0 spiro atoms. The van der Waals surface area contributed by atoms with Crippen LogP contribution in [0.15, 0.2) is 0 Å². The lowest BCUT2D eigenvalue weighted by atomic mass is 9.97. The maximum atomic E-state index is 9.28. The van der Waals surface area contributed by atoms with Crippen LogP contribution >= 0.6 is 0 Å². The number of piperidine rings is 1. The summed E-state index contributed by atoms with van der Waals surface area (Å²) in [5, 5.41) is 12.6. The third-order valence-corrected chi connectivity index (χ3v) is 4.16. The average molecular weight is 292 g/mol. The van der Waals surface area contributed by atoms with Gasteiger partial charge in [0.25, 0.3) is 0 Å². The van der Waals surface area contributed by atoms with E-state index in [1.54, 1.807) is 0 Å². The van der Waals surface area contributed by atoms with Gasteiger partial charge in [-0.3, -0.25) is 0 Å². The summed E-state index contributed by atoms with van der Waals surface area (Å²) in [6.45, 7) is 9.47. The smallest absolute Gasteiger partial charge is 0.137 e. The minimum Gasteiger partial charge on any atom is -0.396 e. The molecule has 0 saturated carbocycles. The topological polar surface area (TPSA) is 61.3 Å². The summed E-state index contributed by atoms with van der Waals surface area (Å²) in [5.74, 6) is 3.42. The average Bonchev–Trinajstić information content (AvgIpc) is 2.51. The number of hydrogen-bond acceptors (Lipinski definition) is 5. The lowest BCUT2D eigenvalue weighted by Crippen LogP contribution is -2.36. The Labute approximate surface area is 127 Å². The van der Waals surface area contributed by atoms with Crippen LogP contribution in [-0.4, -0.2) is 41.3 Å². The van der Waals surface area contributed by atoms with Gasteiger partial charge in [0, 0.05) is 38.2 Å². The van der Waals surface area contributed by atoms with Crippen LogP contribution in [0, 0.1) is 12.8 Å². The van der Waals surface area contributed by atoms with Crippen LogP contribution in [0.1, 0.15) is 44.5 Å². The van der Waals surface area contributed by atoms with Crippen molar-refractivity contribution < 1.29 is 5.11 Å². The Kier molecular flexibility index (Phi) is 5.79. The fraction of sp³-hybridized carbons (Fsp3) is 0.750. The lowest BCUT2D eigenvalue weighted by molar-refractivity contribution is 0.202. The molecule has 0 unspecified atom stereocenters. The summed E-state index contributed by atoms with van der Waals surface area (Å²) in [6.07, 6.45) is 4.05. The zero-order valence-electron chi connectivity index (χ0n) is 13.5. The molecular formula is C16H28N4O. The van der Waals surface area contributed by atoms with Crippen LogP contribution < -0.4 is 10.2 Å². The number of nitrogens with one attached hydrogen (secondary N) is 1. The first kappa shape index (κ1) is 16.0. The number of hydrogen-bond donors (Lipinski definition) is 2. The van der Waals surface area contributed by atoms with Crippen LogP contribution in [-0.2, 0) is 6.42 Å². The highest BCUT2D eigenvalue weighted by atomic mass is 16.3. The highest BCUT2D eigenvalue weighted by Crippen LogP contribution is 2.28. The monoisotopic (exact) mass is 292 g/mol. The van der Waals surface area contributed by atoms with E-state index in [2.05, 4.69) is 36.0 Å². The molecule has 2 N–H and O–H groups in total. The van der Waals surface area contributed by atoms with E-state index in [1.807, 2.05) is 0 Å². The molecule has 0 bridgehead atoms. The van der Waals surface area contributed by atoms with Crippen molar-refractivity contribution in [3.63, 3.8) is 0 Å². The van der Waals surface area contributed by atoms with E-state index in [-0.39, 0.29) is 0 Å². The van der Waals surface area contributed by atoms with E-state index < -0.39 is 0 Å². The molecule has 1 saturated heterocycles. The van der Waals surface area contributed by atoms with Crippen molar-refractivity contribution in [2.75, 3.05) is 36.5 Å². The van der Waals surface area contributed by atoms with Gasteiger partial charge in [-0.05, 0) is 39.0 Å². The summed E-state index contributed by atoms with van der Waals surface area (Å²) in [5.41, 5.74) is 1.14. The highest BCUT2D eigenvalue weighted by Gasteiger charge is 2.22. The molecule has 2 rings (SSSR count). The van der Waals surface area contributed by atoms with Gasteiger partial charge in [0.1, 0.15) is 17.5 Å². The summed E-state index contributed by atoms with van der Waals surface area (Å²) < 4.78 is 0. The van der Waals surface area contributed by atoms with Crippen molar-refractivity contribution in [1.82, 2.24) is 9.97 Å². The Balaban J connectivity index is 2.24. The molecule has 2 heterocycles. The number of nitrogens with zero attached hydrogens (tertiary/aromatic N) is 3. The van der Waals surface area contributed by atoms with Crippen LogP contribution in [0.5, 0.6) is 0 Å². The zero-order chi connectivity index (χ0) is 15.2. The summed E-state index contributed by atoms with van der Waals surface area (Å²) in [4.78, 5) is 11.8. The number of rotatable bonds is 6. The van der Waals surface area contributed by atoms with Gasteiger partial charge >= 0.3 is 0 Å². The predicted molar refractivity (Wildman–Crippen MR) is 87.0 cm³/mol. The second-order valence-electron chi connectivity index (χ2n) is 5.83. The Morgan fingerprint density at radius 3 is 2.52 bits per heavy atom. The number of aromatic nitrogens is 2. The van der Waals surface area contributed by atoms with Gasteiger partial charge in [-0.2, -0.15) is 0 Å². The Morgan fingerprint density at radius 1 is 1.24 bits per heavy atom. The molecule has 5 heteroatoms. The van der Waals surface area contributed by atoms with Gasteiger partial charge in [-0.1, -0.05) is 6.92 Å². The van der Waals surface area contributed by atoms with Crippen molar-refractivity contribution in [3.8, 4) is 0 Å². The molecule has 1 aliphatic rings. The van der Waals surface area contributed by atoms with Gasteiger partial charge < -0.3 is 15.3 Å². The molecule has 0 atom stereocenters. The van der Waals surface area contributed by atoms with Gasteiger partial charge in [-0.15, -0.1) is 0 Å². The molecule has 118 valence electrons. The van der Waals surface area contributed by atoms with E-state index >= 15 is 0 Å². The summed E-state index contributed by atoms with van der Waals surface area (Å²) >= 11 is 0. The second-order valence-corrected chi connectivity index (χ2v) is 5.83. The first-order chi connectivity index (χ1) is 10.2. The van der Waals surface area contributed by atoms with Crippen LogP contribution in [0.4, 0.5) is 11.6 Å². The Bertz CT molecular complexity index is 456. The maximum Gasteiger partial charge on any atom is 0.137 e. The summed E-state index contributed by atoms with van der Waals surface area (Å²) in [6, 6.07) is 0. The lowest BCUT2D eigenvalue weighted by Gasteiger charge is -2.33. The second kappa shape index (κ2) is 7.59. The normalized spacial score (nSPS) is 16.3. The molecule has 0 radical (unpaired) electrons. The van der Waals surface area contributed by atoms with Crippen LogP contribution in [0.3, 0.4) is 0 Å². The Hall–Kier alpha value is -1.36.